The minimum absolute atomic E-state index is 0. The van der Waals surface area contributed by atoms with E-state index >= 15 is 0 Å². The molecule has 194 valence electrons. The largest absolute Gasteiger partial charge is 0.308 e. The van der Waals surface area contributed by atoms with Crippen molar-refractivity contribution in [2.45, 2.75) is 11.3 Å². The number of hydrogen-bond acceptors (Lipinski definition) is 6. The van der Waals surface area contributed by atoms with E-state index in [0.717, 1.165) is 15.8 Å². The highest BCUT2D eigenvalue weighted by Gasteiger charge is 2.31. The number of aromatic nitrogens is 1. The molecule has 37 heavy (non-hydrogen) atoms. The molecule has 1 aromatic heterocycles. The van der Waals surface area contributed by atoms with Crippen LogP contribution in [0.4, 0.5) is 10.8 Å². The van der Waals surface area contributed by atoms with Crippen molar-refractivity contribution in [2.75, 3.05) is 42.9 Å². The Kier molecular flexibility index (Phi) is 8.11. The molecule has 0 spiro atoms. The van der Waals surface area contributed by atoms with E-state index in [1.807, 2.05) is 55.4 Å². The van der Waals surface area contributed by atoms with Gasteiger partial charge in [0.25, 0.3) is 15.9 Å². The van der Waals surface area contributed by atoms with E-state index < -0.39 is 10.0 Å². The standard InChI is InChI=1S/C26H25ClN4O3S2.ClH/c1-29(2)15-16-30(26-28-22-12-9-20(27)17-24(22)35-26)25(32)19-7-10-21(11-8-19)36(33,34)31-14-13-18-5-3-4-6-23(18)31;/h3-12,17H,13-16H2,1-2H3;1H. The number of carbonyl (C=O) groups is 1. The summed E-state index contributed by atoms with van der Waals surface area (Å²) in [6, 6.07) is 19.1. The quantitative estimate of drug-likeness (QED) is 0.297. The lowest BCUT2D eigenvalue weighted by atomic mass is 10.2. The van der Waals surface area contributed by atoms with Crippen LogP contribution in [0.25, 0.3) is 10.2 Å². The van der Waals surface area contributed by atoms with Crippen LogP contribution in [0.2, 0.25) is 5.02 Å². The highest BCUT2D eigenvalue weighted by molar-refractivity contribution is 7.92. The average molecular weight is 578 g/mol. The van der Waals surface area contributed by atoms with Gasteiger partial charge < -0.3 is 4.90 Å². The third-order valence-corrected chi connectivity index (χ3v) is 9.22. The number of sulfonamides is 1. The van der Waals surface area contributed by atoms with Gasteiger partial charge in [-0.05, 0) is 74.6 Å². The second-order valence-corrected chi connectivity index (χ2v) is 12.2. The van der Waals surface area contributed by atoms with E-state index in [0.29, 0.717) is 47.5 Å². The summed E-state index contributed by atoms with van der Waals surface area (Å²) in [4.78, 5) is 22.0. The molecule has 0 aliphatic carbocycles. The zero-order valence-corrected chi connectivity index (χ0v) is 23.5. The summed E-state index contributed by atoms with van der Waals surface area (Å²) < 4.78 is 29.0. The highest BCUT2D eigenvalue weighted by atomic mass is 35.5. The average Bonchev–Trinajstić information content (AvgIpc) is 3.48. The van der Waals surface area contributed by atoms with E-state index in [2.05, 4.69) is 4.98 Å². The van der Waals surface area contributed by atoms with Gasteiger partial charge in [0.1, 0.15) is 0 Å². The minimum Gasteiger partial charge on any atom is -0.308 e. The van der Waals surface area contributed by atoms with E-state index in [1.54, 1.807) is 23.1 Å². The molecule has 0 unspecified atom stereocenters. The molecule has 0 fully saturated rings. The van der Waals surface area contributed by atoms with Gasteiger partial charge in [0.2, 0.25) is 0 Å². The topological polar surface area (TPSA) is 73.8 Å². The molecule has 4 aromatic rings. The molecule has 0 atom stereocenters. The fraction of sp³-hybridized carbons (Fsp3) is 0.231. The third kappa shape index (κ3) is 5.46. The first-order valence-electron chi connectivity index (χ1n) is 11.5. The lowest BCUT2D eigenvalue weighted by molar-refractivity contribution is 0.0985. The van der Waals surface area contributed by atoms with Gasteiger partial charge in [-0.15, -0.1) is 12.4 Å². The van der Waals surface area contributed by atoms with Crippen molar-refractivity contribution in [3.63, 3.8) is 0 Å². The maximum absolute atomic E-state index is 13.6. The number of halogens is 2. The van der Waals surface area contributed by atoms with Crippen molar-refractivity contribution in [2.24, 2.45) is 0 Å². The Labute approximate surface area is 231 Å². The normalized spacial score (nSPS) is 13.0. The molecule has 11 heteroatoms. The summed E-state index contributed by atoms with van der Waals surface area (Å²) >= 11 is 7.53. The van der Waals surface area contributed by atoms with Crippen LogP contribution < -0.4 is 9.21 Å². The zero-order valence-electron chi connectivity index (χ0n) is 20.3. The van der Waals surface area contributed by atoms with Gasteiger partial charge in [-0.25, -0.2) is 13.4 Å². The number of anilines is 2. The van der Waals surface area contributed by atoms with Crippen molar-refractivity contribution in [3.8, 4) is 0 Å². The first-order chi connectivity index (χ1) is 17.2. The summed E-state index contributed by atoms with van der Waals surface area (Å²) in [6.45, 7) is 1.48. The van der Waals surface area contributed by atoms with Gasteiger partial charge in [-0.3, -0.25) is 14.0 Å². The molecule has 0 N–H and O–H groups in total. The Morgan fingerprint density at radius 2 is 1.78 bits per heavy atom. The van der Waals surface area contributed by atoms with Gasteiger partial charge >= 0.3 is 0 Å². The Bertz CT molecular complexity index is 1540. The summed E-state index contributed by atoms with van der Waals surface area (Å²) in [6.07, 6.45) is 0.681. The maximum Gasteiger partial charge on any atom is 0.264 e. The zero-order chi connectivity index (χ0) is 25.4. The fourth-order valence-corrected chi connectivity index (χ4v) is 6.97. The minimum atomic E-state index is -3.73. The van der Waals surface area contributed by atoms with Crippen LogP contribution in [0.1, 0.15) is 15.9 Å². The number of amides is 1. The summed E-state index contributed by atoms with van der Waals surface area (Å²) in [7, 11) is 0.152. The number of benzene rings is 3. The number of fused-ring (bicyclic) bond motifs is 2. The molecule has 1 aliphatic rings. The second kappa shape index (κ2) is 11.0. The molecule has 2 heterocycles. The number of nitrogens with zero attached hydrogens (tertiary/aromatic N) is 4. The predicted octanol–water partition coefficient (Wildman–Crippen LogP) is 5.33. The van der Waals surface area contributed by atoms with Crippen LogP contribution in [0.3, 0.4) is 0 Å². The van der Waals surface area contributed by atoms with Gasteiger partial charge in [0, 0.05) is 30.2 Å². The van der Waals surface area contributed by atoms with E-state index in [4.69, 9.17) is 11.6 Å². The first-order valence-corrected chi connectivity index (χ1v) is 14.1. The molecule has 1 aliphatic heterocycles. The Morgan fingerprint density at radius 3 is 2.51 bits per heavy atom. The SMILES string of the molecule is CN(C)CCN(C(=O)c1ccc(S(=O)(=O)N2CCc3ccccc32)cc1)c1nc2ccc(Cl)cc2s1.Cl. The smallest absolute Gasteiger partial charge is 0.264 e. The van der Waals surface area contributed by atoms with Crippen LogP contribution in [0, 0.1) is 0 Å². The second-order valence-electron chi connectivity index (χ2n) is 8.85. The molecule has 3 aromatic carbocycles. The van der Waals surface area contributed by atoms with Gasteiger partial charge in [0.15, 0.2) is 5.13 Å². The highest BCUT2D eigenvalue weighted by Crippen LogP contribution is 2.34. The Hall–Kier alpha value is -2.69. The number of thiazole rings is 1. The van der Waals surface area contributed by atoms with Crippen molar-refractivity contribution < 1.29 is 13.2 Å². The van der Waals surface area contributed by atoms with Gasteiger partial charge in [-0.1, -0.05) is 41.1 Å². The molecule has 0 saturated carbocycles. The predicted molar refractivity (Wildman–Crippen MR) is 153 cm³/mol. The molecule has 0 bridgehead atoms. The van der Waals surface area contributed by atoms with Crippen LogP contribution in [-0.2, 0) is 16.4 Å². The van der Waals surface area contributed by atoms with E-state index in [-0.39, 0.29) is 23.2 Å². The van der Waals surface area contributed by atoms with Crippen LogP contribution in [0.15, 0.2) is 71.6 Å². The molecule has 1 amide bonds. The first kappa shape index (κ1) is 27.3. The van der Waals surface area contributed by atoms with E-state index in [1.165, 1.54) is 27.8 Å². The van der Waals surface area contributed by atoms with Crippen LogP contribution in [-0.4, -0.2) is 57.9 Å². The third-order valence-electron chi connectivity index (χ3n) is 6.12. The lowest BCUT2D eigenvalue weighted by Crippen LogP contribution is -2.36. The van der Waals surface area contributed by atoms with Crippen LogP contribution in [0.5, 0.6) is 0 Å². The van der Waals surface area contributed by atoms with Crippen molar-refractivity contribution in [1.82, 2.24) is 9.88 Å². The lowest BCUT2D eigenvalue weighted by Gasteiger charge is -2.22. The summed E-state index contributed by atoms with van der Waals surface area (Å²) in [5, 5.41) is 1.19. The van der Waals surface area contributed by atoms with E-state index in [9.17, 15) is 13.2 Å². The Balaban J connectivity index is 0.00000320. The molecular formula is C26H26Cl2N4O3S2. The van der Waals surface area contributed by atoms with Crippen LogP contribution >= 0.6 is 35.3 Å². The van der Waals surface area contributed by atoms with Crippen molar-refractivity contribution in [1.29, 1.82) is 0 Å². The number of likely N-dealkylation sites (N-methyl/N-ethyl adjacent to an activating group) is 1. The molecule has 0 radical (unpaired) electrons. The molecule has 0 saturated heterocycles. The van der Waals surface area contributed by atoms with Gasteiger partial charge in [-0.2, -0.15) is 0 Å². The maximum atomic E-state index is 13.6. The van der Waals surface area contributed by atoms with Gasteiger partial charge in [0.05, 0.1) is 20.8 Å². The summed E-state index contributed by atoms with van der Waals surface area (Å²) in [5.74, 6) is -0.238. The number of para-hydroxylation sites is 1. The Morgan fingerprint density at radius 1 is 1.05 bits per heavy atom. The van der Waals surface area contributed by atoms with Crippen molar-refractivity contribution >= 4 is 72.3 Å². The summed E-state index contributed by atoms with van der Waals surface area (Å²) in [5.41, 5.74) is 2.89. The molecule has 5 rings (SSSR count). The van der Waals surface area contributed by atoms with Crippen molar-refractivity contribution in [3.05, 3.63) is 82.9 Å². The fourth-order valence-electron chi connectivity index (χ4n) is 4.20. The monoisotopic (exact) mass is 576 g/mol. The number of carbonyl (C=O) groups excluding carboxylic acids is 1. The molecule has 7 nitrogen and oxygen atoms in total. The molecular weight excluding hydrogens is 551 g/mol. The number of rotatable bonds is 7. The number of hydrogen-bond donors (Lipinski definition) is 0.